The van der Waals surface area contributed by atoms with Crippen LogP contribution < -0.4 is 14.8 Å². The Kier molecular flexibility index (Phi) is 5.86. The Morgan fingerprint density at radius 2 is 1.81 bits per heavy atom. The van der Waals surface area contributed by atoms with Gasteiger partial charge in [0.1, 0.15) is 11.5 Å². The van der Waals surface area contributed by atoms with E-state index in [4.69, 9.17) is 9.47 Å². The lowest BCUT2D eigenvalue weighted by molar-refractivity contribution is -0.137. The van der Waals surface area contributed by atoms with Crippen LogP contribution in [0.4, 0.5) is 18.9 Å². The second kappa shape index (κ2) is 7.90. The van der Waals surface area contributed by atoms with Crippen molar-refractivity contribution in [3.05, 3.63) is 53.6 Å². The van der Waals surface area contributed by atoms with E-state index in [1.54, 1.807) is 6.07 Å². The number of hydrogen-bond donors (Lipinski definition) is 1. The summed E-state index contributed by atoms with van der Waals surface area (Å²) in [6, 6.07) is 8.57. The number of alkyl halides is 3. The number of carbonyl (C=O) groups excluding carboxylic acids is 2. The molecule has 26 heavy (non-hydrogen) atoms. The molecule has 0 bridgehead atoms. The van der Waals surface area contributed by atoms with Gasteiger partial charge in [0.25, 0.3) is 5.91 Å². The third-order valence-corrected chi connectivity index (χ3v) is 3.50. The maximum Gasteiger partial charge on any atom is 0.416 e. The number of halogens is 3. The van der Waals surface area contributed by atoms with Crippen LogP contribution in [0, 0.1) is 0 Å². The fourth-order valence-electron chi connectivity index (χ4n) is 2.08. The van der Waals surface area contributed by atoms with Gasteiger partial charge in [0.2, 0.25) is 0 Å². The predicted octanol–water partition coefficient (Wildman–Crippen LogP) is 3.93. The summed E-state index contributed by atoms with van der Waals surface area (Å²) in [5, 5.41) is 2.46. The lowest BCUT2D eigenvalue weighted by Crippen LogP contribution is -2.30. The van der Waals surface area contributed by atoms with Crippen LogP contribution in [0.3, 0.4) is 0 Å². The number of aldehydes is 1. The first-order chi connectivity index (χ1) is 12.2. The fraction of sp³-hybridized carbons (Fsp3) is 0.222. The Bertz CT molecular complexity index is 788. The first kappa shape index (κ1) is 19.3. The van der Waals surface area contributed by atoms with Crippen LogP contribution in [-0.2, 0) is 11.0 Å². The monoisotopic (exact) mass is 367 g/mol. The number of methoxy groups -OCH3 is 1. The summed E-state index contributed by atoms with van der Waals surface area (Å²) in [6.45, 7) is 1.46. The number of ether oxygens (including phenoxy) is 2. The molecule has 0 aliphatic rings. The van der Waals surface area contributed by atoms with Gasteiger partial charge in [-0.25, -0.2) is 0 Å². The number of nitrogens with one attached hydrogen (secondary N) is 1. The van der Waals surface area contributed by atoms with E-state index in [9.17, 15) is 22.8 Å². The van der Waals surface area contributed by atoms with Crippen molar-refractivity contribution in [2.24, 2.45) is 0 Å². The highest BCUT2D eigenvalue weighted by Gasteiger charge is 2.30. The molecule has 2 aromatic rings. The molecule has 0 aliphatic carbocycles. The number of benzene rings is 2. The summed E-state index contributed by atoms with van der Waals surface area (Å²) in [6.07, 6.45) is -4.86. The average Bonchev–Trinajstić information content (AvgIpc) is 2.61. The van der Waals surface area contributed by atoms with E-state index in [-0.39, 0.29) is 17.0 Å². The Morgan fingerprint density at radius 1 is 1.15 bits per heavy atom. The fourth-order valence-corrected chi connectivity index (χ4v) is 2.08. The third-order valence-electron chi connectivity index (χ3n) is 3.50. The zero-order chi connectivity index (χ0) is 19.3. The summed E-state index contributed by atoms with van der Waals surface area (Å²) in [4.78, 5) is 23.3. The van der Waals surface area contributed by atoms with Gasteiger partial charge in [-0.05, 0) is 49.4 Å². The van der Waals surface area contributed by atoms with Gasteiger partial charge < -0.3 is 14.8 Å². The van der Waals surface area contributed by atoms with Gasteiger partial charge in [-0.3, -0.25) is 9.59 Å². The topological polar surface area (TPSA) is 64.6 Å². The van der Waals surface area contributed by atoms with E-state index < -0.39 is 23.8 Å². The van der Waals surface area contributed by atoms with Crippen molar-refractivity contribution >= 4 is 17.9 Å². The van der Waals surface area contributed by atoms with E-state index in [0.29, 0.717) is 12.0 Å². The highest BCUT2D eigenvalue weighted by molar-refractivity contribution is 5.94. The zero-order valence-corrected chi connectivity index (χ0v) is 14.0. The van der Waals surface area contributed by atoms with Crippen LogP contribution in [0.1, 0.15) is 22.8 Å². The smallest absolute Gasteiger partial charge is 0.416 e. The molecule has 0 saturated carbocycles. The van der Waals surface area contributed by atoms with E-state index in [1.807, 2.05) is 0 Å². The van der Waals surface area contributed by atoms with Gasteiger partial charge in [-0.15, -0.1) is 0 Å². The normalized spacial score (nSPS) is 12.2. The zero-order valence-electron chi connectivity index (χ0n) is 14.0. The third kappa shape index (κ3) is 4.75. The maximum absolute atomic E-state index is 12.5. The van der Waals surface area contributed by atoms with Gasteiger partial charge in [-0.1, -0.05) is 0 Å². The first-order valence-electron chi connectivity index (χ1n) is 7.52. The number of anilines is 1. The summed E-state index contributed by atoms with van der Waals surface area (Å²) >= 11 is 0. The minimum Gasteiger partial charge on any atom is -0.497 e. The minimum atomic E-state index is -4.45. The largest absolute Gasteiger partial charge is 0.497 e. The van der Waals surface area contributed by atoms with Crippen LogP contribution in [0.15, 0.2) is 42.5 Å². The van der Waals surface area contributed by atoms with Crippen molar-refractivity contribution < 1.29 is 32.2 Å². The van der Waals surface area contributed by atoms with Crippen molar-refractivity contribution in [3.63, 3.8) is 0 Å². The Labute approximate surface area is 147 Å². The standard InChI is InChI=1S/C18H16F3NO4/c1-11(26-16-8-7-15(25-2)9-12(16)10-23)17(24)22-14-5-3-13(4-6-14)18(19,20)21/h3-11H,1-2H3,(H,22,24)/t11-/m0/s1. The predicted molar refractivity (Wildman–Crippen MR) is 88.5 cm³/mol. The second-order valence-corrected chi connectivity index (χ2v) is 5.35. The maximum atomic E-state index is 12.5. The van der Waals surface area contributed by atoms with Crippen LogP contribution >= 0.6 is 0 Å². The second-order valence-electron chi connectivity index (χ2n) is 5.35. The molecule has 1 amide bonds. The summed E-state index contributed by atoms with van der Waals surface area (Å²) in [5.41, 5.74) is -0.407. The molecule has 138 valence electrons. The number of amides is 1. The molecule has 0 radical (unpaired) electrons. The first-order valence-corrected chi connectivity index (χ1v) is 7.52. The molecule has 2 aromatic carbocycles. The number of hydrogen-bond acceptors (Lipinski definition) is 4. The van der Waals surface area contributed by atoms with E-state index in [1.165, 1.54) is 26.2 Å². The van der Waals surface area contributed by atoms with Crippen molar-refractivity contribution in [3.8, 4) is 11.5 Å². The molecule has 5 nitrogen and oxygen atoms in total. The molecular formula is C18H16F3NO4. The SMILES string of the molecule is COc1ccc(O[C@@H](C)C(=O)Nc2ccc(C(F)(F)F)cc2)c(C=O)c1. The van der Waals surface area contributed by atoms with Crippen molar-refractivity contribution in [1.82, 2.24) is 0 Å². The van der Waals surface area contributed by atoms with Crippen molar-refractivity contribution in [2.75, 3.05) is 12.4 Å². The molecule has 0 unspecified atom stereocenters. The summed E-state index contributed by atoms with van der Waals surface area (Å²) < 4.78 is 48.1. The molecule has 0 aromatic heterocycles. The highest BCUT2D eigenvalue weighted by atomic mass is 19.4. The molecule has 0 fully saturated rings. The van der Waals surface area contributed by atoms with Gasteiger partial charge in [0, 0.05) is 5.69 Å². The van der Waals surface area contributed by atoms with E-state index in [0.717, 1.165) is 24.3 Å². The quantitative estimate of drug-likeness (QED) is 0.786. The summed E-state index contributed by atoms with van der Waals surface area (Å²) in [5.74, 6) is 0.0783. The minimum absolute atomic E-state index is 0.191. The molecule has 0 heterocycles. The number of carbonyl (C=O) groups is 2. The molecule has 0 saturated heterocycles. The van der Waals surface area contributed by atoms with E-state index in [2.05, 4.69) is 5.32 Å². The van der Waals surface area contributed by atoms with Crippen LogP contribution in [0.25, 0.3) is 0 Å². The molecular weight excluding hydrogens is 351 g/mol. The van der Waals surface area contributed by atoms with Crippen LogP contribution in [0.5, 0.6) is 11.5 Å². The lowest BCUT2D eigenvalue weighted by Gasteiger charge is -2.16. The van der Waals surface area contributed by atoms with Gasteiger partial charge >= 0.3 is 6.18 Å². The van der Waals surface area contributed by atoms with Gasteiger partial charge in [0.05, 0.1) is 18.2 Å². The van der Waals surface area contributed by atoms with Crippen molar-refractivity contribution in [1.29, 1.82) is 0 Å². The van der Waals surface area contributed by atoms with Crippen LogP contribution in [0.2, 0.25) is 0 Å². The Balaban J connectivity index is 2.05. The van der Waals surface area contributed by atoms with Gasteiger partial charge in [0.15, 0.2) is 12.4 Å². The number of rotatable bonds is 6. The summed E-state index contributed by atoms with van der Waals surface area (Å²) in [7, 11) is 1.45. The molecule has 8 heteroatoms. The average molecular weight is 367 g/mol. The molecule has 2 rings (SSSR count). The Hall–Kier alpha value is -3.03. The molecule has 1 N–H and O–H groups in total. The van der Waals surface area contributed by atoms with Gasteiger partial charge in [-0.2, -0.15) is 13.2 Å². The molecule has 0 spiro atoms. The lowest BCUT2D eigenvalue weighted by atomic mass is 10.2. The van der Waals surface area contributed by atoms with E-state index >= 15 is 0 Å². The highest BCUT2D eigenvalue weighted by Crippen LogP contribution is 2.30. The van der Waals surface area contributed by atoms with Crippen molar-refractivity contribution in [2.45, 2.75) is 19.2 Å². The Morgan fingerprint density at radius 3 is 2.35 bits per heavy atom. The molecule has 0 aliphatic heterocycles. The molecule has 1 atom stereocenters. The van der Waals surface area contributed by atoms with Crippen LogP contribution in [-0.4, -0.2) is 25.4 Å².